The van der Waals surface area contributed by atoms with Crippen molar-refractivity contribution in [2.24, 2.45) is 10.9 Å². The first-order chi connectivity index (χ1) is 17.8. The molecular formula is C28H35ClN4O4. The summed E-state index contributed by atoms with van der Waals surface area (Å²) >= 11 is 6.23. The van der Waals surface area contributed by atoms with Crippen LogP contribution in [0, 0.1) is 5.92 Å². The van der Waals surface area contributed by atoms with Gasteiger partial charge >= 0.3 is 0 Å². The Kier molecular flexibility index (Phi) is 7.43. The minimum atomic E-state index is -0.490. The number of amides is 2. The van der Waals surface area contributed by atoms with E-state index in [1.807, 2.05) is 31.2 Å². The molecule has 2 fully saturated rings. The molecule has 0 radical (unpaired) electrons. The average molecular weight is 527 g/mol. The van der Waals surface area contributed by atoms with Crippen LogP contribution in [0.3, 0.4) is 0 Å². The molecule has 0 atom stereocenters. The number of rotatable bonds is 8. The largest absolute Gasteiger partial charge is 0.497 e. The van der Waals surface area contributed by atoms with E-state index in [1.54, 1.807) is 4.90 Å². The van der Waals surface area contributed by atoms with Gasteiger partial charge in [-0.15, -0.1) is 0 Å². The van der Waals surface area contributed by atoms with Crippen LogP contribution in [0.15, 0.2) is 46.4 Å². The summed E-state index contributed by atoms with van der Waals surface area (Å²) in [6.07, 6.45) is 6.13. The topological polar surface area (TPSA) is 94.5 Å². The minimum Gasteiger partial charge on any atom is -0.497 e. The fourth-order valence-electron chi connectivity index (χ4n) is 6.16. The van der Waals surface area contributed by atoms with Gasteiger partial charge in [0.2, 0.25) is 11.8 Å². The third kappa shape index (κ3) is 4.94. The van der Waals surface area contributed by atoms with Gasteiger partial charge in [0.25, 0.3) is 0 Å². The van der Waals surface area contributed by atoms with E-state index in [9.17, 15) is 14.7 Å². The highest BCUT2D eigenvalue weighted by Gasteiger charge is 2.48. The van der Waals surface area contributed by atoms with Gasteiger partial charge in [-0.25, -0.2) is 4.99 Å². The summed E-state index contributed by atoms with van der Waals surface area (Å²) in [4.78, 5) is 33.8. The fraction of sp³-hybridized carbons (Fsp3) is 0.536. The number of likely N-dealkylation sites (tertiary alicyclic amines) is 1. The molecule has 8 nitrogen and oxygen atoms in total. The number of allylic oxidation sites excluding steroid dienone is 3. The Morgan fingerprint density at radius 3 is 2.76 bits per heavy atom. The lowest BCUT2D eigenvalue weighted by Crippen LogP contribution is -2.49. The smallest absolute Gasteiger partial charge is 0.235 e. The van der Waals surface area contributed by atoms with E-state index in [4.69, 9.17) is 16.3 Å². The highest BCUT2D eigenvalue weighted by molar-refractivity contribution is 6.31. The lowest BCUT2D eigenvalue weighted by molar-refractivity contribution is -0.135. The summed E-state index contributed by atoms with van der Waals surface area (Å²) in [6, 6.07) is 5.72. The predicted molar refractivity (Wildman–Crippen MR) is 143 cm³/mol. The fourth-order valence-corrected chi connectivity index (χ4v) is 6.33. The number of carbonyl (C=O) groups excluding carboxylic acids is 2. The second-order valence-electron chi connectivity index (χ2n) is 10.6. The molecule has 1 spiro atoms. The maximum Gasteiger partial charge on any atom is 0.235 e. The van der Waals surface area contributed by atoms with E-state index >= 15 is 0 Å². The molecule has 3 heterocycles. The molecule has 1 aromatic carbocycles. The summed E-state index contributed by atoms with van der Waals surface area (Å²) < 4.78 is 6.04. The SMILES string of the molecule is C=NC1=C(/C=C(\C)OCCN2CCC3(CC2)C(=O)Nc2ccc(Cl)cc23)CCC(=O)N1[C@H]1C[C@@H](CO)C1. The van der Waals surface area contributed by atoms with Crippen LogP contribution in [0.1, 0.15) is 51.0 Å². The van der Waals surface area contributed by atoms with Gasteiger partial charge in [-0.3, -0.25) is 19.4 Å². The molecule has 3 aliphatic heterocycles. The third-order valence-corrected chi connectivity index (χ3v) is 8.62. The van der Waals surface area contributed by atoms with E-state index in [1.165, 1.54) is 0 Å². The molecule has 5 rings (SSSR count). The van der Waals surface area contributed by atoms with Gasteiger partial charge in [0.15, 0.2) is 0 Å². The number of aliphatic imine (C=N–C) groups is 1. The Labute approximate surface area is 223 Å². The van der Waals surface area contributed by atoms with E-state index in [0.29, 0.717) is 30.3 Å². The Morgan fingerprint density at radius 1 is 1.30 bits per heavy atom. The van der Waals surface area contributed by atoms with Gasteiger partial charge in [-0.1, -0.05) is 11.6 Å². The molecule has 9 heteroatoms. The second kappa shape index (κ2) is 10.6. The van der Waals surface area contributed by atoms with Crippen LogP contribution in [-0.2, 0) is 19.7 Å². The third-order valence-electron chi connectivity index (χ3n) is 8.38. The second-order valence-corrected chi connectivity index (χ2v) is 11.1. The average Bonchev–Trinajstić information content (AvgIpc) is 3.12. The van der Waals surface area contributed by atoms with Crippen molar-refractivity contribution < 1.29 is 19.4 Å². The summed E-state index contributed by atoms with van der Waals surface area (Å²) in [6.45, 7) is 8.74. The maximum absolute atomic E-state index is 12.9. The van der Waals surface area contributed by atoms with Crippen molar-refractivity contribution in [2.75, 3.05) is 38.2 Å². The number of fused-ring (bicyclic) bond motifs is 2. The van der Waals surface area contributed by atoms with Crippen molar-refractivity contribution >= 4 is 35.8 Å². The van der Waals surface area contributed by atoms with Crippen molar-refractivity contribution in [1.29, 1.82) is 0 Å². The summed E-state index contributed by atoms with van der Waals surface area (Å²) in [5, 5.41) is 13.0. The zero-order valence-electron chi connectivity index (χ0n) is 21.3. The van der Waals surface area contributed by atoms with Gasteiger partial charge in [0, 0.05) is 36.3 Å². The molecule has 1 saturated carbocycles. The van der Waals surface area contributed by atoms with Crippen molar-refractivity contribution in [3.63, 3.8) is 0 Å². The number of hydrogen-bond donors (Lipinski definition) is 2. The minimum absolute atomic E-state index is 0.0724. The molecule has 0 aromatic heterocycles. The summed E-state index contributed by atoms with van der Waals surface area (Å²) in [5.74, 6) is 1.81. The molecule has 1 aliphatic carbocycles. The zero-order chi connectivity index (χ0) is 26.2. The Morgan fingerprint density at radius 2 is 2.05 bits per heavy atom. The number of carbonyl (C=O) groups is 2. The van der Waals surface area contributed by atoms with Gasteiger partial charge in [0.05, 0.1) is 11.2 Å². The number of piperidine rings is 1. The molecule has 2 N–H and O–H groups in total. The van der Waals surface area contributed by atoms with Crippen molar-refractivity contribution in [2.45, 2.75) is 56.9 Å². The van der Waals surface area contributed by atoms with E-state index in [2.05, 4.69) is 21.9 Å². The van der Waals surface area contributed by atoms with Crippen LogP contribution in [0.4, 0.5) is 5.69 Å². The first-order valence-corrected chi connectivity index (χ1v) is 13.5. The molecule has 0 unspecified atom stereocenters. The maximum atomic E-state index is 12.9. The molecule has 1 aromatic rings. The van der Waals surface area contributed by atoms with Crippen molar-refractivity contribution in [3.05, 3.63) is 52.0 Å². The summed E-state index contributed by atoms with van der Waals surface area (Å²) in [7, 11) is 0. The quantitative estimate of drug-likeness (QED) is 0.396. The first-order valence-electron chi connectivity index (χ1n) is 13.1. The highest BCUT2D eigenvalue weighted by atomic mass is 35.5. The standard InChI is InChI=1S/C28H35ClN4O4/c1-18(13-20-3-6-25(35)33(26(20)30-2)22-14-19(15-22)17-34)37-12-11-32-9-7-28(8-10-32)23-16-21(29)4-5-24(23)31-27(28)36/h4-5,13,16,19,22,34H,2-3,6-12,14-15,17H2,1H3,(H,31,36)/b18-13+/t19-,22+. The number of halogens is 1. The number of nitrogens with zero attached hydrogens (tertiary/aromatic N) is 3. The van der Waals surface area contributed by atoms with Crippen LogP contribution < -0.4 is 5.32 Å². The number of anilines is 1. The highest BCUT2D eigenvalue weighted by Crippen LogP contribution is 2.45. The predicted octanol–water partition coefficient (Wildman–Crippen LogP) is 3.85. The number of aliphatic hydroxyl groups excluding tert-OH is 1. The normalized spacial score (nSPS) is 25.7. The number of benzene rings is 1. The van der Waals surface area contributed by atoms with E-state index in [-0.39, 0.29) is 30.4 Å². The molecule has 1 saturated heterocycles. The van der Waals surface area contributed by atoms with Gasteiger partial charge < -0.3 is 15.2 Å². The number of ether oxygens (including phenoxy) is 1. The Bertz CT molecular complexity index is 1150. The van der Waals surface area contributed by atoms with Crippen molar-refractivity contribution in [3.8, 4) is 0 Å². The molecular weight excluding hydrogens is 492 g/mol. The lowest BCUT2D eigenvalue weighted by Gasteiger charge is -2.44. The van der Waals surface area contributed by atoms with Crippen LogP contribution in [-0.4, -0.2) is 72.3 Å². The zero-order valence-corrected chi connectivity index (χ0v) is 22.1. The summed E-state index contributed by atoms with van der Waals surface area (Å²) in [5.41, 5.74) is 2.37. The molecule has 198 valence electrons. The van der Waals surface area contributed by atoms with Gasteiger partial charge in [-0.05, 0) is 100 Å². The monoisotopic (exact) mass is 526 g/mol. The van der Waals surface area contributed by atoms with Crippen LogP contribution in [0.25, 0.3) is 0 Å². The number of hydrogen-bond acceptors (Lipinski definition) is 6. The Balaban J connectivity index is 1.16. The number of aliphatic hydroxyl groups is 1. The Hall–Kier alpha value is -2.68. The van der Waals surface area contributed by atoms with E-state index in [0.717, 1.165) is 67.9 Å². The van der Waals surface area contributed by atoms with E-state index < -0.39 is 5.41 Å². The molecule has 2 amide bonds. The van der Waals surface area contributed by atoms with Gasteiger partial charge in [0.1, 0.15) is 12.4 Å². The van der Waals surface area contributed by atoms with Gasteiger partial charge in [-0.2, -0.15) is 0 Å². The van der Waals surface area contributed by atoms with Crippen LogP contribution in [0.2, 0.25) is 5.02 Å². The van der Waals surface area contributed by atoms with Crippen LogP contribution >= 0.6 is 11.6 Å². The molecule has 37 heavy (non-hydrogen) atoms. The molecule has 4 aliphatic rings. The van der Waals surface area contributed by atoms with Crippen LogP contribution in [0.5, 0.6) is 0 Å². The van der Waals surface area contributed by atoms with Crippen molar-refractivity contribution in [1.82, 2.24) is 9.80 Å². The first kappa shape index (κ1) is 25.9. The lowest BCUT2D eigenvalue weighted by atomic mass is 9.73. The molecule has 0 bridgehead atoms. The number of nitrogens with one attached hydrogen (secondary N) is 1.